The Bertz CT molecular complexity index is 1420. The lowest BCUT2D eigenvalue weighted by molar-refractivity contribution is -0.149. The largest absolute Gasteiger partial charge is 0.467 e. The first-order valence-corrected chi connectivity index (χ1v) is 11.3. The third kappa shape index (κ3) is 4.89. The van der Waals surface area contributed by atoms with Crippen LogP contribution in [-0.4, -0.2) is 34.2 Å². The number of para-hydroxylation sites is 1. The molecule has 0 aliphatic carbocycles. The predicted octanol–water partition coefficient (Wildman–Crippen LogP) is 5.07. The number of benzene rings is 2. The summed E-state index contributed by atoms with van der Waals surface area (Å²) < 4.78 is 10.8. The molecule has 3 heterocycles. The van der Waals surface area contributed by atoms with E-state index >= 15 is 0 Å². The summed E-state index contributed by atoms with van der Waals surface area (Å²) in [6.45, 7) is 1.58. The SMILES string of the molecule is Cc1ccc(C2=NN(C(=O)COC(=O)/C=C/c3cccc4cccnc34)C(c3ccco3)C2)cc1. The molecule has 2 aromatic carbocycles. The Labute approximate surface area is 202 Å². The summed E-state index contributed by atoms with van der Waals surface area (Å²) in [6, 6.07) is 20.7. The number of aryl methyl sites for hydroxylation is 1. The standard InChI is InChI=1S/C28H23N3O4/c1-19-9-11-20(12-10-19)23-17-24(25-8-4-16-34-25)31(30-23)26(32)18-35-27(33)14-13-22-6-2-5-21-7-3-15-29-28(21)22/h2-16,24H,17-18H2,1H3/b14-13+. The third-order valence-corrected chi connectivity index (χ3v) is 5.82. The normalized spacial score (nSPS) is 15.5. The number of nitrogens with zero attached hydrogens (tertiary/aromatic N) is 3. The smallest absolute Gasteiger partial charge is 0.331 e. The van der Waals surface area contributed by atoms with Gasteiger partial charge in [0.05, 0.1) is 17.5 Å². The fourth-order valence-corrected chi connectivity index (χ4v) is 4.03. The average Bonchev–Trinajstić information content (AvgIpc) is 3.57. The Kier molecular flexibility index (Phi) is 6.22. The Morgan fingerprint density at radius 1 is 1.09 bits per heavy atom. The molecule has 4 aromatic rings. The van der Waals surface area contributed by atoms with Crippen molar-refractivity contribution in [2.45, 2.75) is 19.4 Å². The van der Waals surface area contributed by atoms with Gasteiger partial charge in [0.15, 0.2) is 6.61 Å². The number of fused-ring (bicyclic) bond motifs is 1. The van der Waals surface area contributed by atoms with Gasteiger partial charge < -0.3 is 9.15 Å². The zero-order chi connectivity index (χ0) is 24.2. The molecule has 1 atom stereocenters. The van der Waals surface area contributed by atoms with Crippen molar-refractivity contribution < 1.29 is 18.7 Å². The molecule has 0 fully saturated rings. The van der Waals surface area contributed by atoms with Crippen LogP contribution in [0.1, 0.15) is 34.9 Å². The molecule has 1 aliphatic rings. The molecule has 0 radical (unpaired) electrons. The molecule has 1 unspecified atom stereocenters. The number of carbonyl (C=O) groups excluding carboxylic acids is 2. The van der Waals surface area contributed by atoms with Crippen LogP contribution in [0, 0.1) is 6.92 Å². The minimum Gasteiger partial charge on any atom is -0.467 e. The van der Waals surface area contributed by atoms with Crippen LogP contribution < -0.4 is 0 Å². The second-order valence-electron chi connectivity index (χ2n) is 8.25. The van der Waals surface area contributed by atoms with E-state index in [2.05, 4.69) is 10.1 Å². The topological polar surface area (TPSA) is 85.0 Å². The summed E-state index contributed by atoms with van der Waals surface area (Å²) in [4.78, 5) is 29.7. The molecule has 1 aliphatic heterocycles. The van der Waals surface area contributed by atoms with Gasteiger partial charge in [0.1, 0.15) is 11.8 Å². The quantitative estimate of drug-likeness (QED) is 0.293. The lowest BCUT2D eigenvalue weighted by Crippen LogP contribution is -2.31. The lowest BCUT2D eigenvalue weighted by Gasteiger charge is -2.19. The molecule has 7 nitrogen and oxygen atoms in total. The number of carbonyl (C=O) groups is 2. The molecule has 0 N–H and O–H groups in total. The van der Waals surface area contributed by atoms with Crippen molar-refractivity contribution in [3.05, 3.63) is 108 Å². The van der Waals surface area contributed by atoms with Gasteiger partial charge in [0, 0.05) is 29.6 Å². The molecule has 7 heteroatoms. The number of esters is 1. The fraction of sp³-hybridized carbons (Fsp3) is 0.143. The highest BCUT2D eigenvalue weighted by Gasteiger charge is 2.35. The van der Waals surface area contributed by atoms with Gasteiger partial charge in [-0.2, -0.15) is 5.10 Å². The molecule has 2 aromatic heterocycles. The van der Waals surface area contributed by atoms with E-state index in [4.69, 9.17) is 9.15 Å². The van der Waals surface area contributed by atoms with Crippen LogP contribution in [0.3, 0.4) is 0 Å². The van der Waals surface area contributed by atoms with Crippen LogP contribution >= 0.6 is 0 Å². The number of rotatable bonds is 6. The molecule has 5 rings (SSSR count). The van der Waals surface area contributed by atoms with Crippen molar-refractivity contribution in [2.75, 3.05) is 6.61 Å². The predicted molar refractivity (Wildman–Crippen MR) is 132 cm³/mol. The maximum absolute atomic E-state index is 13.0. The molecule has 174 valence electrons. The first kappa shape index (κ1) is 22.3. The van der Waals surface area contributed by atoms with E-state index in [1.54, 1.807) is 24.6 Å². The van der Waals surface area contributed by atoms with Gasteiger partial charge in [-0.25, -0.2) is 9.80 Å². The molecule has 1 amide bonds. The van der Waals surface area contributed by atoms with Crippen LogP contribution in [-0.2, 0) is 14.3 Å². The summed E-state index contributed by atoms with van der Waals surface area (Å²) in [5.74, 6) is -0.427. The third-order valence-electron chi connectivity index (χ3n) is 5.82. The van der Waals surface area contributed by atoms with Gasteiger partial charge in [0.2, 0.25) is 0 Å². The van der Waals surface area contributed by atoms with Crippen molar-refractivity contribution in [3.8, 4) is 0 Å². The number of furan rings is 1. The summed E-state index contributed by atoms with van der Waals surface area (Å²) >= 11 is 0. The average molecular weight is 466 g/mol. The molecule has 0 saturated carbocycles. The molecule has 0 bridgehead atoms. The number of hydrogen-bond donors (Lipinski definition) is 0. The number of aromatic nitrogens is 1. The highest BCUT2D eigenvalue weighted by atomic mass is 16.5. The van der Waals surface area contributed by atoms with Crippen LogP contribution in [0.15, 0.2) is 94.8 Å². The van der Waals surface area contributed by atoms with Gasteiger partial charge in [-0.05, 0) is 36.8 Å². The summed E-state index contributed by atoms with van der Waals surface area (Å²) in [6.07, 6.45) is 6.70. The molecular weight excluding hydrogens is 442 g/mol. The first-order chi connectivity index (χ1) is 17.1. The van der Waals surface area contributed by atoms with E-state index < -0.39 is 24.5 Å². The zero-order valence-corrected chi connectivity index (χ0v) is 19.1. The Balaban J connectivity index is 1.28. The number of pyridine rings is 1. The number of ether oxygens (including phenoxy) is 1. The maximum Gasteiger partial charge on any atom is 0.331 e. The first-order valence-electron chi connectivity index (χ1n) is 11.3. The van der Waals surface area contributed by atoms with Gasteiger partial charge in [-0.1, -0.05) is 54.1 Å². The van der Waals surface area contributed by atoms with E-state index in [1.807, 2.05) is 67.6 Å². The second-order valence-corrected chi connectivity index (χ2v) is 8.25. The van der Waals surface area contributed by atoms with Crippen molar-refractivity contribution in [3.63, 3.8) is 0 Å². The molecule has 35 heavy (non-hydrogen) atoms. The van der Waals surface area contributed by atoms with Gasteiger partial charge in [0.25, 0.3) is 5.91 Å². The van der Waals surface area contributed by atoms with Crippen molar-refractivity contribution in [2.24, 2.45) is 5.10 Å². The number of hydrazone groups is 1. The summed E-state index contributed by atoms with van der Waals surface area (Å²) in [5, 5.41) is 6.87. The van der Waals surface area contributed by atoms with Crippen LogP contribution in [0.4, 0.5) is 0 Å². The van der Waals surface area contributed by atoms with Crippen LogP contribution in [0.5, 0.6) is 0 Å². The second kappa shape index (κ2) is 9.77. The Morgan fingerprint density at radius 3 is 2.71 bits per heavy atom. The lowest BCUT2D eigenvalue weighted by atomic mass is 10.0. The van der Waals surface area contributed by atoms with E-state index in [0.717, 1.165) is 33.3 Å². The molecule has 0 saturated heterocycles. The van der Waals surface area contributed by atoms with Gasteiger partial charge in [-0.3, -0.25) is 9.78 Å². The van der Waals surface area contributed by atoms with Crippen molar-refractivity contribution in [1.82, 2.24) is 9.99 Å². The number of amides is 1. The highest BCUT2D eigenvalue weighted by molar-refractivity contribution is 6.03. The van der Waals surface area contributed by atoms with E-state index in [0.29, 0.717) is 12.2 Å². The Hall–Kier alpha value is -4.52. The highest BCUT2D eigenvalue weighted by Crippen LogP contribution is 2.33. The fourth-order valence-electron chi connectivity index (χ4n) is 4.03. The van der Waals surface area contributed by atoms with Crippen LogP contribution in [0.2, 0.25) is 0 Å². The van der Waals surface area contributed by atoms with E-state index in [-0.39, 0.29) is 0 Å². The summed E-state index contributed by atoms with van der Waals surface area (Å²) in [5.41, 5.74) is 4.42. The minimum absolute atomic E-state index is 0.398. The van der Waals surface area contributed by atoms with Crippen molar-refractivity contribution in [1.29, 1.82) is 0 Å². The van der Waals surface area contributed by atoms with Gasteiger partial charge in [-0.15, -0.1) is 0 Å². The molecule has 0 spiro atoms. The van der Waals surface area contributed by atoms with E-state index in [9.17, 15) is 9.59 Å². The van der Waals surface area contributed by atoms with Crippen LogP contribution in [0.25, 0.3) is 17.0 Å². The zero-order valence-electron chi connectivity index (χ0n) is 19.1. The number of hydrogen-bond acceptors (Lipinski definition) is 6. The van der Waals surface area contributed by atoms with Crippen molar-refractivity contribution >= 4 is 34.6 Å². The monoisotopic (exact) mass is 465 g/mol. The Morgan fingerprint density at radius 2 is 1.91 bits per heavy atom. The van der Waals surface area contributed by atoms with E-state index in [1.165, 1.54) is 11.1 Å². The molecular formula is C28H23N3O4. The van der Waals surface area contributed by atoms with Gasteiger partial charge >= 0.3 is 5.97 Å². The maximum atomic E-state index is 13.0. The minimum atomic E-state index is -0.622. The summed E-state index contributed by atoms with van der Waals surface area (Å²) in [7, 11) is 0.